The van der Waals surface area contributed by atoms with Gasteiger partial charge in [-0.3, -0.25) is 0 Å². The molecule has 46 heavy (non-hydrogen) atoms. The maximum atomic E-state index is 14.8. The first-order valence-corrected chi connectivity index (χ1v) is 13.0. The Labute approximate surface area is 252 Å². The molecule has 0 saturated heterocycles. The van der Waals surface area contributed by atoms with Crippen LogP contribution in [0.25, 0.3) is 10.8 Å². The summed E-state index contributed by atoms with van der Waals surface area (Å²) in [6.07, 6.45) is -22.7. The molecule has 2 unspecified atom stereocenters. The van der Waals surface area contributed by atoms with Crippen LogP contribution in [0.4, 0.5) is 64.1 Å². The number of fused-ring (bicyclic) bond motifs is 1. The summed E-state index contributed by atoms with van der Waals surface area (Å²) in [6.45, 7) is 0. The molecule has 0 aromatic heterocycles. The van der Waals surface area contributed by atoms with E-state index in [0.717, 1.165) is 24.3 Å². The lowest BCUT2D eigenvalue weighted by molar-refractivity contribution is -0.180. The summed E-state index contributed by atoms with van der Waals surface area (Å²) in [5.41, 5.74) is 7.90. The van der Waals surface area contributed by atoms with E-state index in [-0.39, 0.29) is 28.3 Å². The van der Waals surface area contributed by atoms with Gasteiger partial charge < -0.3 is 20.9 Å². The predicted molar refractivity (Wildman–Crippen MR) is 145 cm³/mol. The van der Waals surface area contributed by atoms with Crippen molar-refractivity contribution >= 4 is 22.1 Å². The number of hydrogen-bond donors (Lipinski definition) is 2. The van der Waals surface area contributed by atoms with Gasteiger partial charge in [0.05, 0.1) is 24.0 Å². The predicted octanol–water partition coefficient (Wildman–Crippen LogP) is 10.4. The molecule has 0 aliphatic heterocycles. The number of rotatable bonds is 10. The summed E-state index contributed by atoms with van der Waals surface area (Å²) in [7, 11) is 0. The van der Waals surface area contributed by atoms with Gasteiger partial charge >= 0.3 is 24.2 Å². The number of nitrogens with two attached hydrogens (primary N) is 2. The quantitative estimate of drug-likeness (QED) is 0.130. The minimum absolute atomic E-state index is 0.176. The minimum atomic E-state index is -5.23. The molecule has 4 aromatic rings. The molecule has 16 heteroatoms. The van der Waals surface area contributed by atoms with Gasteiger partial charge in [0, 0.05) is 11.4 Å². The molecule has 248 valence electrons. The molecule has 0 fully saturated rings. The maximum Gasteiger partial charge on any atom is 0.392 e. The monoisotopic (exact) mass is 670 g/mol. The number of ether oxygens (including phenoxy) is 2. The van der Waals surface area contributed by atoms with Crippen LogP contribution in [0.2, 0.25) is 0 Å². The van der Waals surface area contributed by atoms with Crippen LogP contribution in [0.15, 0.2) is 72.8 Å². The van der Waals surface area contributed by atoms with E-state index in [0.29, 0.717) is 17.5 Å². The average Bonchev–Trinajstić information content (AvgIpc) is 2.92. The second kappa shape index (κ2) is 12.4. The lowest BCUT2D eigenvalue weighted by Crippen LogP contribution is -2.32. The Bertz CT molecular complexity index is 1590. The molecule has 4 aromatic carbocycles. The van der Waals surface area contributed by atoms with Gasteiger partial charge in [-0.15, -0.1) is 0 Å². The van der Waals surface area contributed by atoms with E-state index < -0.39 is 72.0 Å². The highest BCUT2D eigenvalue weighted by molar-refractivity contribution is 5.85. The molecular weight excluding hydrogens is 648 g/mol. The van der Waals surface area contributed by atoms with Gasteiger partial charge in [-0.2, -0.15) is 43.9 Å². The fourth-order valence-electron chi connectivity index (χ4n) is 4.38. The van der Waals surface area contributed by atoms with E-state index >= 15 is 0 Å². The highest BCUT2D eigenvalue weighted by Crippen LogP contribution is 2.46. The van der Waals surface area contributed by atoms with Crippen LogP contribution in [-0.2, 0) is 11.8 Å². The normalized spacial score (nSPS) is 14.3. The molecule has 0 bridgehead atoms. The zero-order chi connectivity index (χ0) is 34.2. The molecule has 0 radical (unpaired) electrons. The minimum Gasteiger partial charge on any atom is -0.457 e. The third kappa shape index (κ3) is 8.01. The summed E-state index contributed by atoms with van der Waals surface area (Å²) in [5, 5.41) is 0.678. The van der Waals surface area contributed by atoms with Crippen LogP contribution in [0.3, 0.4) is 0 Å². The van der Waals surface area contributed by atoms with Crippen molar-refractivity contribution in [3.05, 3.63) is 83.9 Å². The number of hydrogen-bond acceptors (Lipinski definition) is 4. The van der Waals surface area contributed by atoms with Crippen molar-refractivity contribution in [2.45, 2.75) is 49.4 Å². The second-order valence-corrected chi connectivity index (χ2v) is 10.2. The van der Waals surface area contributed by atoms with Crippen LogP contribution in [0, 0.1) is 0 Å². The fraction of sp³-hybridized carbons (Fsp3) is 0.267. The number of alkyl halides is 12. The summed E-state index contributed by atoms with van der Waals surface area (Å²) < 4.78 is 175. The molecule has 0 amide bonds. The molecule has 0 aliphatic rings. The van der Waals surface area contributed by atoms with E-state index in [4.69, 9.17) is 20.9 Å². The first kappa shape index (κ1) is 34.4. The summed E-state index contributed by atoms with van der Waals surface area (Å²) >= 11 is 0. The Morgan fingerprint density at radius 2 is 0.870 bits per heavy atom. The van der Waals surface area contributed by atoms with Gasteiger partial charge in [0.2, 0.25) is 0 Å². The Balaban J connectivity index is 1.66. The Kier molecular flexibility index (Phi) is 9.24. The van der Waals surface area contributed by atoms with Crippen molar-refractivity contribution in [1.29, 1.82) is 0 Å². The SMILES string of the molecule is Nc1ccc(Oc2ccc3ccc(Oc4ccc(N)cc4C(F)(F)C(F)CC(F)(F)F)cc3c2)c(C(F)(F)C(F)CC(F)(F)F)c1. The fourth-order valence-corrected chi connectivity index (χ4v) is 4.38. The van der Waals surface area contributed by atoms with Gasteiger partial charge in [-0.05, 0) is 71.4 Å². The number of anilines is 2. The van der Waals surface area contributed by atoms with Crippen molar-refractivity contribution < 1.29 is 62.2 Å². The molecule has 4 rings (SSSR count). The number of halogens is 12. The van der Waals surface area contributed by atoms with Crippen molar-refractivity contribution in [2.75, 3.05) is 11.5 Å². The highest BCUT2D eigenvalue weighted by atomic mass is 19.4. The molecular formula is C30H22F12N2O2. The summed E-state index contributed by atoms with van der Waals surface area (Å²) in [4.78, 5) is 0. The zero-order valence-electron chi connectivity index (χ0n) is 23.0. The smallest absolute Gasteiger partial charge is 0.392 e. The molecule has 0 heterocycles. The lowest BCUT2D eigenvalue weighted by Gasteiger charge is -2.24. The van der Waals surface area contributed by atoms with E-state index in [9.17, 15) is 52.7 Å². The molecule has 2 atom stereocenters. The second-order valence-electron chi connectivity index (χ2n) is 10.2. The number of nitrogen functional groups attached to an aromatic ring is 2. The standard InChI is InChI=1S/C30H22F12N2O2/c31-25(13-27(33,34)35)29(39,40)21-11-17(43)3-7-23(21)45-19-5-1-15-2-6-20(10-16(15)9-19)46-24-8-4-18(44)12-22(24)30(41,42)26(32)14-28(36,37)38/h1-12,25-26H,13-14,43-44H2. The van der Waals surface area contributed by atoms with Crippen LogP contribution >= 0.6 is 0 Å². The van der Waals surface area contributed by atoms with Gasteiger partial charge in [0.25, 0.3) is 0 Å². The largest absolute Gasteiger partial charge is 0.457 e. The average molecular weight is 670 g/mol. The number of benzene rings is 4. The molecule has 4 N–H and O–H groups in total. The van der Waals surface area contributed by atoms with E-state index in [1.807, 2.05) is 0 Å². The zero-order valence-corrected chi connectivity index (χ0v) is 23.0. The van der Waals surface area contributed by atoms with Gasteiger partial charge in [0.15, 0.2) is 12.3 Å². The molecule has 0 saturated carbocycles. The van der Waals surface area contributed by atoms with Crippen LogP contribution in [0.5, 0.6) is 23.0 Å². The van der Waals surface area contributed by atoms with Crippen molar-refractivity contribution in [2.24, 2.45) is 0 Å². The third-order valence-corrected chi connectivity index (χ3v) is 6.57. The van der Waals surface area contributed by atoms with Gasteiger partial charge in [0.1, 0.15) is 23.0 Å². The summed E-state index contributed by atoms with van der Waals surface area (Å²) in [6, 6.07) is 13.0. The van der Waals surface area contributed by atoms with Crippen molar-refractivity contribution in [3.8, 4) is 23.0 Å². The third-order valence-electron chi connectivity index (χ3n) is 6.57. The van der Waals surface area contributed by atoms with E-state index in [1.165, 1.54) is 36.4 Å². The Morgan fingerprint density at radius 1 is 0.500 bits per heavy atom. The van der Waals surface area contributed by atoms with Gasteiger partial charge in [-0.1, -0.05) is 12.1 Å². The lowest BCUT2D eigenvalue weighted by atomic mass is 10.00. The molecule has 0 aliphatic carbocycles. The highest BCUT2D eigenvalue weighted by Gasteiger charge is 2.50. The maximum absolute atomic E-state index is 14.8. The van der Waals surface area contributed by atoms with Crippen molar-refractivity contribution in [1.82, 2.24) is 0 Å². The topological polar surface area (TPSA) is 70.5 Å². The van der Waals surface area contributed by atoms with Crippen LogP contribution in [-0.4, -0.2) is 24.7 Å². The van der Waals surface area contributed by atoms with Crippen LogP contribution < -0.4 is 20.9 Å². The Hall–Kier alpha value is -4.50. The first-order chi connectivity index (χ1) is 21.2. The van der Waals surface area contributed by atoms with E-state index in [1.54, 1.807) is 0 Å². The Morgan fingerprint density at radius 3 is 1.22 bits per heavy atom. The molecule has 0 spiro atoms. The first-order valence-electron chi connectivity index (χ1n) is 13.0. The summed E-state index contributed by atoms with van der Waals surface area (Å²) in [5.74, 6) is -11.1. The molecule has 4 nitrogen and oxygen atoms in total. The van der Waals surface area contributed by atoms with Crippen LogP contribution in [0.1, 0.15) is 24.0 Å². The van der Waals surface area contributed by atoms with Crippen molar-refractivity contribution in [3.63, 3.8) is 0 Å². The van der Waals surface area contributed by atoms with Gasteiger partial charge in [-0.25, -0.2) is 8.78 Å². The van der Waals surface area contributed by atoms with E-state index in [2.05, 4.69) is 0 Å².